The van der Waals surface area contributed by atoms with E-state index in [1.807, 2.05) is 24.3 Å². The third kappa shape index (κ3) is 4.82. The van der Waals surface area contributed by atoms with Crippen LogP contribution in [0.25, 0.3) is 23.5 Å². The van der Waals surface area contributed by atoms with E-state index in [0.29, 0.717) is 34.5 Å². The number of nitrogens with zero attached hydrogens (tertiary/aromatic N) is 2. The molecule has 32 heavy (non-hydrogen) atoms. The Morgan fingerprint density at radius 2 is 1.78 bits per heavy atom. The number of nitrogens with one attached hydrogen (secondary N) is 1. The molecule has 1 N–H and O–H groups in total. The van der Waals surface area contributed by atoms with Crippen molar-refractivity contribution in [2.75, 3.05) is 18.9 Å². The molecule has 0 saturated carbocycles. The van der Waals surface area contributed by atoms with Crippen LogP contribution in [0.4, 0.5) is 5.69 Å². The lowest BCUT2D eigenvalue weighted by Gasteiger charge is -2.07. The van der Waals surface area contributed by atoms with Crippen LogP contribution < -0.4 is 14.2 Å². The number of thiophene rings is 1. The van der Waals surface area contributed by atoms with E-state index in [1.165, 1.54) is 0 Å². The molecule has 0 bridgehead atoms. The van der Waals surface area contributed by atoms with Gasteiger partial charge in [-0.2, -0.15) is 4.98 Å². The molecule has 4 rings (SSSR count). The van der Waals surface area contributed by atoms with E-state index >= 15 is 0 Å². The monoisotopic (exact) mass is 469 g/mol. The first-order valence-corrected chi connectivity index (χ1v) is 11.8. The molecule has 0 radical (unpaired) electrons. The Balaban J connectivity index is 1.46. The Morgan fingerprint density at radius 1 is 1.00 bits per heavy atom. The molecule has 4 aromatic rings. The summed E-state index contributed by atoms with van der Waals surface area (Å²) in [5.41, 5.74) is 2.02. The number of ether oxygens (including phenoxy) is 2. The van der Waals surface area contributed by atoms with E-state index in [4.69, 9.17) is 14.0 Å². The second kappa shape index (κ2) is 9.25. The summed E-state index contributed by atoms with van der Waals surface area (Å²) in [4.78, 5) is 4.36. The summed E-state index contributed by atoms with van der Waals surface area (Å²) in [7, 11) is -0.434. The normalized spacial score (nSPS) is 11.6. The molecule has 0 saturated heterocycles. The highest BCUT2D eigenvalue weighted by Gasteiger charge is 2.15. The first kappa shape index (κ1) is 21.6. The van der Waals surface area contributed by atoms with Crippen LogP contribution in [0.5, 0.6) is 11.5 Å². The van der Waals surface area contributed by atoms with Crippen LogP contribution in [-0.2, 0) is 10.0 Å². The van der Waals surface area contributed by atoms with Crippen LogP contribution in [0.3, 0.4) is 0 Å². The summed E-state index contributed by atoms with van der Waals surface area (Å²) in [6, 6.07) is 15.5. The van der Waals surface area contributed by atoms with Gasteiger partial charge < -0.3 is 14.0 Å². The van der Waals surface area contributed by atoms with Crippen LogP contribution in [0, 0.1) is 0 Å². The maximum Gasteiger partial charge on any atom is 0.271 e. The van der Waals surface area contributed by atoms with Gasteiger partial charge in [-0.1, -0.05) is 17.3 Å². The van der Waals surface area contributed by atoms with Gasteiger partial charge in [0.1, 0.15) is 4.21 Å². The van der Waals surface area contributed by atoms with E-state index in [1.54, 1.807) is 62.1 Å². The molecule has 2 aromatic carbocycles. The predicted octanol–water partition coefficient (Wildman–Crippen LogP) is 4.79. The van der Waals surface area contributed by atoms with E-state index in [9.17, 15) is 8.42 Å². The highest BCUT2D eigenvalue weighted by atomic mass is 32.2. The van der Waals surface area contributed by atoms with Gasteiger partial charge in [-0.05, 0) is 59.5 Å². The van der Waals surface area contributed by atoms with Gasteiger partial charge in [-0.3, -0.25) is 4.72 Å². The van der Waals surface area contributed by atoms with E-state index in [0.717, 1.165) is 16.9 Å². The molecule has 0 aliphatic rings. The fraction of sp³-hybridized carbons (Fsp3) is 0.0909. The van der Waals surface area contributed by atoms with E-state index < -0.39 is 10.0 Å². The predicted molar refractivity (Wildman–Crippen MR) is 123 cm³/mol. The second-order valence-electron chi connectivity index (χ2n) is 6.52. The Hall–Kier alpha value is -3.63. The molecule has 2 aromatic heterocycles. The quantitative estimate of drug-likeness (QED) is 0.396. The first-order chi connectivity index (χ1) is 15.5. The van der Waals surface area contributed by atoms with Crippen LogP contribution in [0.2, 0.25) is 0 Å². The summed E-state index contributed by atoms with van der Waals surface area (Å²) in [6.07, 6.45) is 3.52. The van der Waals surface area contributed by atoms with Crippen molar-refractivity contribution in [3.63, 3.8) is 0 Å². The molecule has 0 atom stereocenters. The van der Waals surface area contributed by atoms with Gasteiger partial charge in [-0.25, -0.2) is 8.42 Å². The molecule has 0 fully saturated rings. The lowest BCUT2D eigenvalue weighted by Crippen LogP contribution is -2.11. The van der Waals surface area contributed by atoms with Crippen LogP contribution in [-0.4, -0.2) is 32.8 Å². The Morgan fingerprint density at radius 3 is 2.47 bits per heavy atom. The number of anilines is 1. The summed E-state index contributed by atoms with van der Waals surface area (Å²) >= 11 is 1.16. The summed E-state index contributed by atoms with van der Waals surface area (Å²) in [5.74, 6) is 1.99. The zero-order valence-corrected chi connectivity index (χ0v) is 18.8. The van der Waals surface area contributed by atoms with Crippen LogP contribution in [0.15, 0.2) is 68.7 Å². The lowest BCUT2D eigenvalue weighted by atomic mass is 10.2. The minimum absolute atomic E-state index is 0.255. The van der Waals surface area contributed by atoms with Gasteiger partial charge in [-0.15, -0.1) is 11.3 Å². The van der Waals surface area contributed by atoms with Crippen molar-refractivity contribution in [2.24, 2.45) is 0 Å². The average molecular weight is 470 g/mol. The Kier molecular flexibility index (Phi) is 6.24. The maximum atomic E-state index is 12.3. The number of methoxy groups -OCH3 is 2. The highest BCUT2D eigenvalue weighted by Crippen LogP contribution is 2.28. The standard InChI is InChI=1S/C22H19N3O5S2/c1-28-18-11-5-15(14-19(18)29-2)6-12-20-23-22(24-30-20)16-7-9-17(10-8-16)25-32(26,27)21-4-3-13-31-21/h3-14,25H,1-2H3/b12-6+. The van der Waals surface area contributed by atoms with E-state index in [2.05, 4.69) is 14.9 Å². The van der Waals surface area contributed by atoms with Gasteiger partial charge in [0, 0.05) is 17.3 Å². The van der Waals surface area contributed by atoms with Crippen molar-refractivity contribution in [1.29, 1.82) is 0 Å². The Labute approximate surface area is 189 Å². The Bertz CT molecular complexity index is 1330. The molecule has 0 aliphatic carbocycles. The average Bonchev–Trinajstić information content (AvgIpc) is 3.51. The van der Waals surface area contributed by atoms with Gasteiger partial charge in [0.25, 0.3) is 15.9 Å². The number of hydrogen-bond donors (Lipinski definition) is 1. The zero-order valence-electron chi connectivity index (χ0n) is 17.2. The second-order valence-corrected chi connectivity index (χ2v) is 9.38. The van der Waals surface area contributed by atoms with Crippen molar-refractivity contribution in [3.05, 3.63) is 71.4 Å². The molecule has 0 aliphatic heterocycles. The van der Waals surface area contributed by atoms with Crippen molar-refractivity contribution >= 4 is 39.2 Å². The van der Waals surface area contributed by atoms with E-state index in [-0.39, 0.29) is 4.21 Å². The number of sulfonamides is 1. The number of benzene rings is 2. The smallest absolute Gasteiger partial charge is 0.271 e. The number of aromatic nitrogens is 2. The largest absolute Gasteiger partial charge is 0.493 e. The molecule has 164 valence electrons. The number of rotatable bonds is 8. The minimum atomic E-state index is -3.59. The minimum Gasteiger partial charge on any atom is -0.493 e. The topological polar surface area (TPSA) is 104 Å². The molecular weight excluding hydrogens is 450 g/mol. The summed E-state index contributed by atoms with van der Waals surface area (Å²) < 4.78 is 43.3. The summed E-state index contributed by atoms with van der Waals surface area (Å²) in [6.45, 7) is 0. The van der Waals surface area contributed by atoms with Gasteiger partial charge >= 0.3 is 0 Å². The molecule has 8 nitrogen and oxygen atoms in total. The van der Waals surface area contributed by atoms with Crippen molar-refractivity contribution < 1.29 is 22.4 Å². The fourth-order valence-electron chi connectivity index (χ4n) is 2.85. The van der Waals surface area contributed by atoms with Gasteiger partial charge in [0.15, 0.2) is 11.5 Å². The lowest BCUT2D eigenvalue weighted by molar-refractivity contribution is 0.355. The molecule has 2 heterocycles. The van der Waals surface area contributed by atoms with Gasteiger partial charge in [0.2, 0.25) is 5.82 Å². The van der Waals surface area contributed by atoms with Crippen LogP contribution >= 0.6 is 11.3 Å². The molecular formula is C22H19N3O5S2. The maximum absolute atomic E-state index is 12.3. The van der Waals surface area contributed by atoms with Crippen molar-refractivity contribution in [1.82, 2.24) is 10.1 Å². The third-order valence-corrected chi connectivity index (χ3v) is 7.20. The van der Waals surface area contributed by atoms with Crippen molar-refractivity contribution in [2.45, 2.75) is 4.21 Å². The zero-order chi connectivity index (χ0) is 22.6. The number of hydrogen-bond acceptors (Lipinski definition) is 8. The fourth-order valence-corrected chi connectivity index (χ4v) is 4.90. The molecule has 0 spiro atoms. The third-order valence-electron chi connectivity index (χ3n) is 4.42. The summed E-state index contributed by atoms with van der Waals surface area (Å²) in [5, 5.41) is 5.70. The van der Waals surface area contributed by atoms with Gasteiger partial charge in [0.05, 0.1) is 14.2 Å². The molecule has 10 heteroatoms. The molecule has 0 unspecified atom stereocenters. The highest BCUT2D eigenvalue weighted by molar-refractivity contribution is 7.94. The van der Waals surface area contributed by atoms with Crippen LogP contribution in [0.1, 0.15) is 11.5 Å². The first-order valence-electron chi connectivity index (χ1n) is 9.39. The van der Waals surface area contributed by atoms with Crippen molar-refractivity contribution in [3.8, 4) is 22.9 Å². The SMILES string of the molecule is COc1ccc(/C=C/c2nc(-c3ccc(NS(=O)(=O)c4cccs4)cc3)no2)cc1OC. The molecule has 0 amide bonds.